The standard InChI is InChI=1S/C33H48/c1-22(2)28-20-30(23(3)4)33(31(21-28)24(5)6)27-17-18-29(25-13-9-7-10-14-25)32(19-27)26-15-11-8-12-16-26/h17-26H,7-16H2,1-6H3. The molecular weight excluding hydrogens is 396 g/mol. The van der Waals surface area contributed by atoms with E-state index < -0.39 is 0 Å². The van der Waals surface area contributed by atoms with E-state index in [1.165, 1.54) is 80.9 Å². The van der Waals surface area contributed by atoms with Crippen molar-refractivity contribution < 1.29 is 0 Å². The molecule has 0 saturated heterocycles. The summed E-state index contributed by atoms with van der Waals surface area (Å²) in [6, 6.07) is 12.8. The predicted molar refractivity (Wildman–Crippen MR) is 146 cm³/mol. The van der Waals surface area contributed by atoms with Gasteiger partial charge in [-0.3, -0.25) is 0 Å². The second kappa shape index (κ2) is 10.8. The molecule has 0 aliphatic heterocycles. The van der Waals surface area contributed by atoms with Gasteiger partial charge < -0.3 is 0 Å². The van der Waals surface area contributed by atoms with Crippen molar-refractivity contribution in [3.63, 3.8) is 0 Å². The quantitative estimate of drug-likeness (QED) is 0.415. The lowest BCUT2D eigenvalue weighted by Gasteiger charge is -2.31. The van der Waals surface area contributed by atoms with Gasteiger partial charge in [-0.25, -0.2) is 0 Å². The highest BCUT2D eigenvalue weighted by molar-refractivity contribution is 5.74. The minimum absolute atomic E-state index is 0.535. The summed E-state index contributed by atoms with van der Waals surface area (Å²) in [5.74, 6) is 3.21. The van der Waals surface area contributed by atoms with E-state index in [1.54, 1.807) is 22.3 Å². The molecule has 2 aromatic carbocycles. The summed E-state index contributed by atoms with van der Waals surface area (Å²) in [5, 5.41) is 0. The predicted octanol–water partition coefficient (Wildman–Crippen LogP) is 10.8. The number of hydrogen-bond acceptors (Lipinski definition) is 0. The summed E-state index contributed by atoms with van der Waals surface area (Å²) >= 11 is 0. The molecule has 2 aromatic rings. The summed E-state index contributed by atoms with van der Waals surface area (Å²) in [5.41, 5.74) is 11.0. The lowest BCUT2D eigenvalue weighted by atomic mass is 9.74. The minimum Gasteiger partial charge on any atom is -0.0587 e. The van der Waals surface area contributed by atoms with E-state index in [2.05, 4.69) is 71.9 Å². The van der Waals surface area contributed by atoms with Crippen LogP contribution in [0.1, 0.15) is 163 Å². The highest BCUT2D eigenvalue weighted by Crippen LogP contribution is 2.45. The maximum atomic E-state index is 2.67. The molecule has 0 heteroatoms. The van der Waals surface area contributed by atoms with E-state index in [0.29, 0.717) is 17.8 Å². The fraction of sp³-hybridized carbons (Fsp3) is 0.636. The smallest absolute Gasteiger partial charge is 0.0114 e. The number of rotatable bonds is 6. The molecule has 0 amide bonds. The second-order valence-electron chi connectivity index (χ2n) is 12.1. The molecule has 0 nitrogen and oxygen atoms in total. The first-order chi connectivity index (χ1) is 15.9. The Balaban J connectivity index is 1.88. The molecule has 2 fully saturated rings. The molecule has 0 atom stereocenters. The molecule has 180 valence electrons. The third-order valence-corrected chi connectivity index (χ3v) is 8.60. The Bertz CT molecular complexity index is 888. The van der Waals surface area contributed by atoms with Crippen molar-refractivity contribution in [3.8, 4) is 11.1 Å². The van der Waals surface area contributed by atoms with Crippen LogP contribution < -0.4 is 0 Å². The van der Waals surface area contributed by atoms with Crippen LogP contribution in [-0.2, 0) is 0 Å². The van der Waals surface area contributed by atoms with Crippen LogP contribution in [0.4, 0.5) is 0 Å². The van der Waals surface area contributed by atoms with Crippen molar-refractivity contribution in [3.05, 3.63) is 58.1 Å². The third kappa shape index (κ3) is 5.41. The minimum atomic E-state index is 0.535. The van der Waals surface area contributed by atoms with Crippen molar-refractivity contribution >= 4 is 0 Å². The van der Waals surface area contributed by atoms with E-state index in [0.717, 1.165) is 11.8 Å². The van der Waals surface area contributed by atoms with Crippen molar-refractivity contribution in [2.75, 3.05) is 0 Å². The zero-order chi connectivity index (χ0) is 23.5. The van der Waals surface area contributed by atoms with E-state index in [9.17, 15) is 0 Å². The zero-order valence-corrected chi connectivity index (χ0v) is 22.3. The summed E-state index contributed by atoms with van der Waals surface area (Å²) in [7, 11) is 0. The Morgan fingerprint density at radius 2 is 1.03 bits per heavy atom. The summed E-state index contributed by atoms with van der Waals surface area (Å²) in [4.78, 5) is 0. The van der Waals surface area contributed by atoms with Gasteiger partial charge in [-0.1, -0.05) is 110 Å². The average molecular weight is 445 g/mol. The van der Waals surface area contributed by atoms with E-state index >= 15 is 0 Å². The Morgan fingerprint density at radius 3 is 1.48 bits per heavy atom. The molecule has 0 bridgehead atoms. The summed E-state index contributed by atoms with van der Waals surface area (Å²) in [6.45, 7) is 14.2. The van der Waals surface area contributed by atoms with E-state index in [-0.39, 0.29) is 0 Å². The van der Waals surface area contributed by atoms with E-state index in [4.69, 9.17) is 0 Å². The molecule has 0 unspecified atom stereocenters. The molecule has 0 N–H and O–H groups in total. The van der Waals surface area contributed by atoms with Gasteiger partial charge in [0.15, 0.2) is 0 Å². The SMILES string of the molecule is CC(C)c1cc(C(C)C)c(-c2ccc(C3CCCCC3)c(C3CCCCC3)c2)c(C(C)C)c1. The first-order valence-corrected chi connectivity index (χ1v) is 14.2. The first kappa shape index (κ1) is 24.6. The molecule has 0 heterocycles. The monoisotopic (exact) mass is 444 g/mol. The Hall–Kier alpha value is -1.56. The Labute approximate surface area is 204 Å². The van der Waals surface area contributed by atoms with Crippen LogP contribution in [0, 0.1) is 0 Å². The molecule has 0 spiro atoms. The van der Waals surface area contributed by atoms with Crippen LogP contribution in [0.2, 0.25) is 0 Å². The van der Waals surface area contributed by atoms with Crippen molar-refractivity contribution in [2.24, 2.45) is 0 Å². The highest BCUT2D eigenvalue weighted by atomic mass is 14.3. The van der Waals surface area contributed by atoms with Gasteiger partial charge in [0.1, 0.15) is 0 Å². The zero-order valence-electron chi connectivity index (χ0n) is 22.3. The molecule has 4 rings (SSSR count). The normalized spacial score (nSPS) is 18.6. The second-order valence-corrected chi connectivity index (χ2v) is 12.1. The lowest BCUT2D eigenvalue weighted by Crippen LogP contribution is -2.13. The fourth-order valence-corrected chi connectivity index (χ4v) is 6.57. The molecule has 2 aliphatic carbocycles. The van der Waals surface area contributed by atoms with E-state index in [1.807, 2.05) is 0 Å². The van der Waals surface area contributed by atoms with Gasteiger partial charge in [0.25, 0.3) is 0 Å². The largest absolute Gasteiger partial charge is 0.0587 e. The highest BCUT2D eigenvalue weighted by Gasteiger charge is 2.26. The van der Waals surface area contributed by atoms with Crippen molar-refractivity contribution in [1.29, 1.82) is 0 Å². The van der Waals surface area contributed by atoms with Gasteiger partial charge in [-0.2, -0.15) is 0 Å². The maximum absolute atomic E-state index is 2.67. The molecule has 33 heavy (non-hydrogen) atoms. The van der Waals surface area contributed by atoms with Gasteiger partial charge >= 0.3 is 0 Å². The van der Waals surface area contributed by atoms with Gasteiger partial charge in [0, 0.05) is 0 Å². The fourth-order valence-electron chi connectivity index (χ4n) is 6.57. The van der Waals surface area contributed by atoms with Crippen molar-refractivity contribution in [1.82, 2.24) is 0 Å². The third-order valence-electron chi connectivity index (χ3n) is 8.60. The maximum Gasteiger partial charge on any atom is -0.0114 e. The van der Waals surface area contributed by atoms with Gasteiger partial charge in [-0.05, 0) is 94.2 Å². The summed E-state index contributed by atoms with van der Waals surface area (Å²) < 4.78 is 0. The summed E-state index contributed by atoms with van der Waals surface area (Å²) in [6.07, 6.45) is 14.1. The molecule has 2 aliphatic rings. The van der Waals surface area contributed by atoms with Gasteiger partial charge in [0.2, 0.25) is 0 Å². The van der Waals surface area contributed by atoms with Gasteiger partial charge in [-0.15, -0.1) is 0 Å². The van der Waals surface area contributed by atoms with Crippen molar-refractivity contribution in [2.45, 2.75) is 135 Å². The molecular formula is C33H48. The molecule has 0 radical (unpaired) electrons. The van der Waals surface area contributed by atoms with Gasteiger partial charge in [0.05, 0.1) is 0 Å². The Morgan fingerprint density at radius 1 is 0.545 bits per heavy atom. The van der Waals surface area contributed by atoms with Crippen LogP contribution >= 0.6 is 0 Å². The number of hydrogen-bond donors (Lipinski definition) is 0. The topological polar surface area (TPSA) is 0 Å². The first-order valence-electron chi connectivity index (χ1n) is 14.2. The lowest BCUT2D eigenvalue weighted by molar-refractivity contribution is 0.419. The molecule has 2 saturated carbocycles. The van der Waals surface area contributed by atoms with Crippen LogP contribution in [0.3, 0.4) is 0 Å². The number of benzene rings is 2. The van der Waals surface area contributed by atoms with Crippen LogP contribution in [0.15, 0.2) is 30.3 Å². The van der Waals surface area contributed by atoms with Crippen LogP contribution in [0.25, 0.3) is 11.1 Å². The molecule has 0 aromatic heterocycles. The Kier molecular flexibility index (Phi) is 8.03. The average Bonchev–Trinajstić information content (AvgIpc) is 2.83. The van der Waals surface area contributed by atoms with Crippen LogP contribution in [0.5, 0.6) is 0 Å². The van der Waals surface area contributed by atoms with Crippen LogP contribution in [-0.4, -0.2) is 0 Å².